The Bertz CT molecular complexity index is 1920. The molecule has 45 heavy (non-hydrogen) atoms. The molecule has 7 heteroatoms. The average Bonchev–Trinajstić information content (AvgIpc) is 3.06. The Morgan fingerprint density at radius 2 is 1.58 bits per heavy atom. The number of ether oxygens (including phenoxy) is 2. The van der Waals surface area contributed by atoms with Crippen molar-refractivity contribution in [1.82, 2.24) is 4.98 Å². The zero-order valence-corrected chi connectivity index (χ0v) is 25.1. The predicted octanol–water partition coefficient (Wildman–Crippen LogP) is 10.5. The molecule has 0 saturated carbocycles. The van der Waals surface area contributed by atoms with Crippen molar-refractivity contribution in [2.24, 2.45) is 0 Å². The number of fused-ring (bicyclic) bond motifs is 6. The van der Waals surface area contributed by atoms with E-state index in [2.05, 4.69) is 41.4 Å². The molecule has 1 heterocycles. The first-order valence-corrected chi connectivity index (χ1v) is 15.0. The lowest BCUT2D eigenvalue weighted by Crippen LogP contribution is -2.15. The van der Waals surface area contributed by atoms with Crippen molar-refractivity contribution in [3.8, 4) is 11.5 Å². The molecule has 1 aliphatic carbocycles. The van der Waals surface area contributed by atoms with Gasteiger partial charge in [0.15, 0.2) is 0 Å². The summed E-state index contributed by atoms with van der Waals surface area (Å²) in [7, 11) is 3.28. The van der Waals surface area contributed by atoms with Gasteiger partial charge in [0, 0.05) is 12.4 Å². The maximum atomic E-state index is 14.0. The van der Waals surface area contributed by atoms with Gasteiger partial charge >= 0.3 is 6.18 Å². The van der Waals surface area contributed by atoms with Crippen molar-refractivity contribution in [2.75, 3.05) is 14.2 Å². The van der Waals surface area contributed by atoms with Gasteiger partial charge in [0.1, 0.15) is 17.3 Å². The van der Waals surface area contributed by atoms with Crippen LogP contribution in [0.5, 0.6) is 11.5 Å². The van der Waals surface area contributed by atoms with Gasteiger partial charge in [-0.3, -0.25) is 4.98 Å². The van der Waals surface area contributed by atoms with Crippen molar-refractivity contribution < 1.29 is 27.0 Å². The summed E-state index contributed by atoms with van der Waals surface area (Å²) >= 11 is 0. The second kappa shape index (κ2) is 12.8. The smallest absolute Gasteiger partial charge is 0.419 e. The number of aromatic nitrogens is 1. The number of hydrogen-bond acceptors (Lipinski definition) is 3. The molecule has 7 rings (SSSR count). The minimum absolute atomic E-state index is 0.0187. The molecule has 0 fully saturated rings. The van der Waals surface area contributed by atoms with E-state index in [1.807, 2.05) is 42.7 Å². The maximum Gasteiger partial charge on any atom is 0.419 e. The Morgan fingerprint density at radius 1 is 0.800 bits per heavy atom. The second-order valence-corrected chi connectivity index (χ2v) is 11.3. The average molecular weight is 612 g/mol. The molecule has 0 bridgehead atoms. The van der Waals surface area contributed by atoms with Crippen LogP contribution in [0.1, 0.15) is 47.4 Å². The van der Waals surface area contributed by atoms with E-state index >= 15 is 0 Å². The number of methoxy groups -OCH3 is 2. The zero-order chi connectivity index (χ0) is 31.6. The summed E-state index contributed by atoms with van der Waals surface area (Å²) in [5, 5.41) is 6.61. The van der Waals surface area contributed by atoms with Crippen LogP contribution in [0.15, 0.2) is 97.3 Å². The number of nitrogens with zero attached hydrogens (tertiary/aromatic N) is 1. The first-order chi connectivity index (χ1) is 21.8. The van der Waals surface area contributed by atoms with Crippen molar-refractivity contribution in [2.45, 2.75) is 44.2 Å². The highest BCUT2D eigenvalue weighted by Crippen LogP contribution is 2.45. The molecule has 0 saturated heterocycles. The topological polar surface area (TPSA) is 31.4 Å². The normalized spacial score (nSPS) is 14.6. The fourth-order valence-corrected chi connectivity index (χ4v) is 6.72. The monoisotopic (exact) mass is 611 g/mol. The highest BCUT2D eigenvalue weighted by Gasteiger charge is 2.36. The van der Waals surface area contributed by atoms with Gasteiger partial charge in [-0.2, -0.15) is 13.2 Å². The molecule has 1 atom stereocenters. The highest BCUT2D eigenvalue weighted by molar-refractivity contribution is 6.13. The Balaban J connectivity index is 0.000000301. The van der Waals surface area contributed by atoms with Crippen LogP contribution < -0.4 is 9.47 Å². The van der Waals surface area contributed by atoms with Gasteiger partial charge in [-0.15, -0.1) is 0 Å². The molecule has 0 radical (unpaired) electrons. The van der Waals surface area contributed by atoms with Gasteiger partial charge in [0.25, 0.3) is 0 Å². The van der Waals surface area contributed by atoms with Crippen molar-refractivity contribution >= 4 is 32.3 Å². The van der Waals surface area contributed by atoms with Crippen LogP contribution in [0.25, 0.3) is 32.3 Å². The minimum Gasteiger partial charge on any atom is -0.496 e. The molecule has 1 aromatic heterocycles. The minimum atomic E-state index is -4.71. The molecule has 0 spiro atoms. The van der Waals surface area contributed by atoms with Crippen LogP contribution in [0.4, 0.5) is 17.6 Å². The molecule has 0 N–H and O–H groups in total. The van der Waals surface area contributed by atoms with Crippen LogP contribution in [-0.4, -0.2) is 19.2 Å². The molecular formula is C38H33F4NO2. The summed E-state index contributed by atoms with van der Waals surface area (Å²) in [5.74, 6) is 0.376. The summed E-state index contributed by atoms with van der Waals surface area (Å²) < 4.78 is 65.8. The molecule has 0 amide bonds. The lowest BCUT2D eigenvalue weighted by molar-refractivity contribution is -0.140. The number of hydrogen-bond donors (Lipinski definition) is 0. The van der Waals surface area contributed by atoms with E-state index in [0.29, 0.717) is 6.42 Å². The van der Waals surface area contributed by atoms with Gasteiger partial charge in [-0.05, 0) is 106 Å². The Labute approximate surface area is 259 Å². The van der Waals surface area contributed by atoms with E-state index < -0.39 is 17.6 Å². The number of alkyl halides is 3. The number of aryl methyl sites for hydroxylation is 2. The summed E-state index contributed by atoms with van der Waals surface area (Å²) in [4.78, 5) is 4.01. The van der Waals surface area contributed by atoms with Gasteiger partial charge in [-0.1, -0.05) is 60.7 Å². The Kier molecular flexibility index (Phi) is 8.61. The van der Waals surface area contributed by atoms with Crippen LogP contribution in [0, 0.1) is 5.82 Å². The molecule has 230 valence electrons. The van der Waals surface area contributed by atoms with Crippen molar-refractivity contribution in [1.29, 1.82) is 0 Å². The fourth-order valence-electron chi connectivity index (χ4n) is 6.72. The van der Waals surface area contributed by atoms with Gasteiger partial charge in [-0.25, -0.2) is 4.39 Å². The predicted molar refractivity (Wildman–Crippen MR) is 172 cm³/mol. The van der Waals surface area contributed by atoms with Crippen molar-refractivity contribution in [3.05, 3.63) is 125 Å². The van der Waals surface area contributed by atoms with E-state index in [-0.39, 0.29) is 17.9 Å². The Morgan fingerprint density at radius 3 is 2.33 bits per heavy atom. The lowest BCUT2D eigenvalue weighted by Gasteiger charge is -2.28. The molecule has 5 aromatic carbocycles. The first kappa shape index (κ1) is 30.4. The lowest BCUT2D eigenvalue weighted by atomic mass is 9.77. The third kappa shape index (κ3) is 6.04. The van der Waals surface area contributed by atoms with Crippen LogP contribution >= 0.6 is 0 Å². The molecular weight excluding hydrogens is 578 g/mol. The standard InChI is InChI=1S/C29H26F4O2.C9H7N/c1-34-25-11-5-9-22-21-15-14-19-17(6-3-8-20(19)23(21)16-26(35-2)27(22)25)12-13-18-7-4-10-24(30)28(18)29(31,32)33;1-2-4-9-7-10-6-5-8(9)3-1/h4-5,7,9-11,14-17H,3,6,8,12-13H2,1-2H3;1-7H/t17-;/m0./s1. The first-order valence-electron chi connectivity index (χ1n) is 15.0. The van der Waals surface area contributed by atoms with Crippen LogP contribution in [-0.2, 0) is 19.0 Å². The zero-order valence-electron chi connectivity index (χ0n) is 25.1. The van der Waals surface area contributed by atoms with Gasteiger partial charge in [0.2, 0.25) is 0 Å². The largest absolute Gasteiger partial charge is 0.496 e. The summed E-state index contributed by atoms with van der Waals surface area (Å²) in [6.45, 7) is 0. The Hall–Kier alpha value is -4.65. The number of benzene rings is 5. The molecule has 6 aromatic rings. The highest BCUT2D eigenvalue weighted by atomic mass is 19.4. The molecule has 0 aliphatic heterocycles. The molecule has 3 nitrogen and oxygen atoms in total. The van der Waals surface area contributed by atoms with Crippen LogP contribution in [0.2, 0.25) is 0 Å². The van der Waals surface area contributed by atoms with Crippen LogP contribution in [0.3, 0.4) is 0 Å². The summed E-state index contributed by atoms with van der Waals surface area (Å²) in [6.07, 6.45) is 2.42. The second-order valence-electron chi connectivity index (χ2n) is 11.3. The third-order valence-corrected chi connectivity index (χ3v) is 8.79. The van der Waals surface area contributed by atoms with E-state index in [1.54, 1.807) is 14.2 Å². The third-order valence-electron chi connectivity index (χ3n) is 8.79. The van der Waals surface area contributed by atoms with Gasteiger partial charge in [0.05, 0.1) is 25.2 Å². The molecule has 0 unspecified atom stereocenters. The number of rotatable bonds is 5. The SMILES string of the molecule is COc1cccc2c1c(OC)cc1c3c(ccc12)[C@H](CCc1cccc(F)c1C(F)(F)F)CCC3.c1ccc2cnccc2c1. The van der Waals surface area contributed by atoms with E-state index in [0.717, 1.165) is 63.9 Å². The van der Waals surface area contributed by atoms with Crippen molar-refractivity contribution in [3.63, 3.8) is 0 Å². The number of pyridine rings is 1. The maximum absolute atomic E-state index is 14.0. The van der Waals surface area contributed by atoms with E-state index in [1.165, 1.54) is 28.5 Å². The van der Waals surface area contributed by atoms with E-state index in [9.17, 15) is 17.6 Å². The summed E-state index contributed by atoms with van der Waals surface area (Å²) in [5.41, 5.74) is 1.26. The fraction of sp³-hybridized carbons (Fsp3) is 0.237. The summed E-state index contributed by atoms with van der Waals surface area (Å²) in [6, 6.07) is 26.0. The quantitative estimate of drug-likeness (QED) is 0.144. The molecule has 1 aliphatic rings. The van der Waals surface area contributed by atoms with E-state index in [4.69, 9.17) is 9.47 Å². The van der Waals surface area contributed by atoms with Gasteiger partial charge < -0.3 is 9.47 Å². The number of halogens is 4.